The quantitative estimate of drug-likeness (QED) is 0.366. The molecule has 4 aliphatic rings. The normalized spacial score (nSPS) is 42.3. The minimum Gasteiger partial charge on any atom is -0.324 e. The SMILES string of the molecule is CC.CC(C)CCCC(C)C1CCC2C1(C)CCC1C3(C)CCC(CC(C)C)CC3=CCC12N.[HH]. The summed E-state index contributed by atoms with van der Waals surface area (Å²) < 4.78 is 0. The third kappa shape index (κ3) is 5.08. The van der Waals surface area contributed by atoms with Crippen LogP contribution >= 0.6 is 0 Å². The second-order valence-corrected chi connectivity index (χ2v) is 14.3. The van der Waals surface area contributed by atoms with E-state index in [1.165, 1.54) is 70.6 Å². The lowest BCUT2D eigenvalue weighted by molar-refractivity contribution is -0.0704. The molecule has 3 saturated carbocycles. The standard InChI is InChI=1S/C31H55N.C2H6.H2/c1-21(2)9-8-10-23(5)26-11-12-27-30(26,7)17-15-28-29(6)16-13-24(19-22(3)4)20-25(29)14-18-31(27,28)32;1-2;/h14,21-24,26-28H,8-13,15-20,32H2,1-7H3;1-2H3;1H. The van der Waals surface area contributed by atoms with Crippen molar-refractivity contribution in [1.82, 2.24) is 0 Å². The van der Waals surface area contributed by atoms with Gasteiger partial charge in [0.2, 0.25) is 0 Å². The Kier molecular flexibility index (Phi) is 9.13. The van der Waals surface area contributed by atoms with Gasteiger partial charge in [0.1, 0.15) is 0 Å². The van der Waals surface area contributed by atoms with E-state index in [1.54, 1.807) is 5.57 Å². The third-order valence-electron chi connectivity index (χ3n) is 11.4. The van der Waals surface area contributed by atoms with Crippen LogP contribution in [0, 0.1) is 52.3 Å². The van der Waals surface area contributed by atoms with E-state index in [9.17, 15) is 0 Å². The van der Waals surface area contributed by atoms with Gasteiger partial charge in [-0.3, -0.25) is 0 Å². The van der Waals surface area contributed by atoms with Crippen LogP contribution in [-0.2, 0) is 0 Å². The topological polar surface area (TPSA) is 26.0 Å². The highest BCUT2D eigenvalue weighted by atomic mass is 14.9. The zero-order valence-electron chi connectivity index (χ0n) is 24.7. The van der Waals surface area contributed by atoms with Crippen LogP contribution in [0.3, 0.4) is 0 Å². The number of allylic oxidation sites excluding steroid dienone is 1. The van der Waals surface area contributed by atoms with Crippen LogP contribution in [-0.4, -0.2) is 5.54 Å². The number of nitrogens with two attached hydrogens (primary N) is 1. The smallest absolute Gasteiger partial charge is 0.0260 e. The molecule has 0 heterocycles. The van der Waals surface area contributed by atoms with Crippen molar-refractivity contribution in [3.05, 3.63) is 11.6 Å². The van der Waals surface area contributed by atoms with Gasteiger partial charge in [0, 0.05) is 6.97 Å². The second kappa shape index (κ2) is 11.0. The number of hydrogen-bond donors (Lipinski definition) is 1. The largest absolute Gasteiger partial charge is 0.324 e. The van der Waals surface area contributed by atoms with Gasteiger partial charge in [-0.2, -0.15) is 0 Å². The summed E-state index contributed by atoms with van der Waals surface area (Å²) in [5.41, 5.74) is 10.3. The van der Waals surface area contributed by atoms with E-state index in [4.69, 9.17) is 5.73 Å². The van der Waals surface area contributed by atoms with Crippen LogP contribution in [0.25, 0.3) is 0 Å². The first-order valence-corrected chi connectivity index (χ1v) is 15.5. The summed E-state index contributed by atoms with van der Waals surface area (Å²) in [7, 11) is 0. The van der Waals surface area contributed by atoms with Gasteiger partial charge in [-0.15, -0.1) is 0 Å². The molecular formula is C33H63N. The Labute approximate surface area is 216 Å². The monoisotopic (exact) mass is 473 g/mol. The average molecular weight is 474 g/mol. The third-order valence-corrected chi connectivity index (χ3v) is 11.4. The van der Waals surface area contributed by atoms with E-state index in [2.05, 4.69) is 54.5 Å². The molecule has 2 N–H and O–H groups in total. The Hall–Kier alpha value is -0.300. The van der Waals surface area contributed by atoms with Gasteiger partial charge >= 0.3 is 0 Å². The summed E-state index contributed by atoms with van der Waals surface area (Å²) in [6.07, 6.45) is 19.3. The first kappa shape index (κ1) is 28.3. The molecule has 1 heteroatoms. The molecule has 200 valence electrons. The van der Waals surface area contributed by atoms with Crippen molar-refractivity contribution in [2.75, 3.05) is 0 Å². The van der Waals surface area contributed by atoms with E-state index >= 15 is 0 Å². The second-order valence-electron chi connectivity index (χ2n) is 14.3. The van der Waals surface area contributed by atoms with Gasteiger partial charge in [0.05, 0.1) is 0 Å². The molecule has 8 unspecified atom stereocenters. The lowest BCUT2D eigenvalue weighted by Crippen LogP contribution is -2.66. The van der Waals surface area contributed by atoms with Crippen molar-refractivity contribution in [1.29, 1.82) is 0 Å². The molecule has 34 heavy (non-hydrogen) atoms. The fourth-order valence-electron chi connectivity index (χ4n) is 9.85. The van der Waals surface area contributed by atoms with Crippen molar-refractivity contribution >= 4 is 0 Å². The molecule has 4 rings (SSSR count). The van der Waals surface area contributed by atoms with Gasteiger partial charge in [-0.05, 0) is 110 Å². The maximum atomic E-state index is 7.60. The molecule has 1 nitrogen and oxygen atoms in total. The van der Waals surface area contributed by atoms with E-state index in [1.807, 2.05) is 13.8 Å². The Balaban J connectivity index is 0.00000140. The van der Waals surface area contributed by atoms with Crippen molar-refractivity contribution in [3.8, 4) is 0 Å². The predicted octanol–water partition coefficient (Wildman–Crippen LogP) is 10.0. The maximum Gasteiger partial charge on any atom is 0.0260 e. The Morgan fingerprint density at radius 1 is 0.912 bits per heavy atom. The van der Waals surface area contributed by atoms with Crippen molar-refractivity contribution in [2.24, 2.45) is 58.0 Å². The number of fused-ring (bicyclic) bond motifs is 5. The summed E-state index contributed by atoms with van der Waals surface area (Å²) in [5, 5.41) is 0. The molecule has 4 aliphatic carbocycles. The van der Waals surface area contributed by atoms with Gasteiger partial charge in [-0.1, -0.05) is 93.2 Å². The van der Waals surface area contributed by atoms with Gasteiger partial charge in [0.15, 0.2) is 0 Å². The fraction of sp³-hybridized carbons (Fsp3) is 0.939. The molecular weight excluding hydrogens is 410 g/mol. The first-order chi connectivity index (χ1) is 16.0. The summed E-state index contributed by atoms with van der Waals surface area (Å²) in [4.78, 5) is 0. The number of rotatable bonds is 7. The fourth-order valence-corrected chi connectivity index (χ4v) is 9.85. The molecule has 0 saturated heterocycles. The predicted molar refractivity (Wildman–Crippen MR) is 153 cm³/mol. The van der Waals surface area contributed by atoms with Crippen LogP contribution in [0.2, 0.25) is 0 Å². The molecule has 3 fully saturated rings. The summed E-state index contributed by atoms with van der Waals surface area (Å²) in [6.45, 7) is 21.4. The van der Waals surface area contributed by atoms with Crippen molar-refractivity contribution in [2.45, 2.75) is 145 Å². The van der Waals surface area contributed by atoms with E-state index < -0.39 is 0 Å². The lowest BCUT2D eigenvalue weighted by Gasteiger charge is -2.63. The molecule has 0 amide bonds. The average Bonchev–Trinajstić information content (AvgIpc) is 3.13. The van der Waals surface area contributed by atoms with Crippen LogP contribution < -0.4 is 5.73 Å². The minimum absolute atomic E-state index is 0. The Bertz CT molecular complexity index is 697. The first-order valence-electron chi connectivity index (χ1n) is 15.5. The highest BCUT2D eigenvalue weighted by Crippen LogP contribution is 2.68. The Morgan fingerprint density at radius 3 is 2.26 bits per heavy atom. The summed E-state index contributed by atoms with van der Waals surface area (Å²) in [5.74, 6) is 5.78. The zero-order chi connectivity index (χ0) is 25.3. The highest BCUT2D eigenvalue weighted by molar-refractivity contribution is 5.30. The van der Waals surface area contributed by atoms with Crippen LogP contribution in [0.1, 0.15) is 141 Å². The molecule has 0 aliphatic heterocycles. The summed E-state index contributed by atoms with van der Waals surface area (Å²) in [6, 6.07) is 0. The van der Waals surface area contributed by atoms with Crippen LogP contribution in [0.4, 0.5) is 0 Å². The van der Waals surface area contributed by atoms with E-state index in [0.717, 1.165) is 41.9 Å². The van der Waals surface area contributed by atoms with Crippen LogP contribution in [0.15, 0.2) is 11.6 Å². The van der Waals surface area contributed by atoms with Gasteiger partial charge in [0.25, 0.3) is 0 Å². The maximum absolute atomic E-state index is 7.60. The zero-order valence-corrected chi connectivity index (χ0v) is 24.7. The molecule has 0 aromatic heterocycles. The van der Waals surface area contributed by atoms with E-state index in [0.29, 0.717) is 16.7 Å². The molecule has 8 atom stereocenters. The Morgan fingerprint density at radius 2 is 1.62 bits per heavy atom. The van der Waals surface area contributed by atoms with E-state index in [-0.39, 0.29) is 6.97 Å². The van der Waals surface area contributed by atoms with Crippen molar-refractivity contribution < 1.29 is 1.43 Å². The minimum atomic E-state index is 0. The molecule has 0 bridgehead atoms. The van der Waals surface area contributed by atoms with Crippen LogP contribution in [0.5, 0.6) is 0 Å². The number of hydrogen-bond acceptors (Lipinski definition) is 1. The van der Waals surface area contributed by atoms with Gasteiger partial charge < -0.3 is 5.73 Å². The lowest BCUT2D eigenvalue weighted by atomic mass is 9.43. The molecule has 0 aromatic carbocycles. The van der Waals surface area contributed by atoms with Crippen molar-refractivity contribution in [3.63, 3.8) is 0 Å². The molecule has 0 aromatic rings. The molecule has 0 radical (unpaired) electrons. The molecule has 0 spiro atoms. The summed E-state index contributed by atoms with van der Waals surface area (Å²) >= 11 is 0. The van der Waals surface area contributed by atoms with Gasteiger partial charge in [-0.25, -0.2) is 0 Å². The highest BCUT2D eigenvalue weighted by Gasteiger charge is 2.64.